The number of carbonyl (C=O) groups excluding carboxylic acids is 2. The predicted molar refractivity (Wildman–Crippen MR) is 149 cm³/mol. The molecule has 3 rings (SSSR count). The summed E-state index contributed by atoms with van der Waals surface area (Å²) in [6.45, 7) is 9.96. The molecule has 0 radical (unpaired) electrons. The highest BCUT2D eigenvalue weighted by Crippen LogP contribution is 2.27. The minimum atomic E-state index is -0.260. The fourth-order valence-electron chi connectivity index (χ4n) is 4.28. The largest absolute Gasteiger partial charge is 0.489 e. The molecule has 0 aliphatic rings. The lowest BCUT2D eigenvalue weighted by atomic mass is 10.0. The zero-order chi connectivity index (χ0) is 27.8. The second kappa shape index (κ2) is 13.4. The molecule has 8 nitrogen and oxygen atoms in total. The number of aryl methyl sites for hydroxylation is 1. The number of nitrogens with one attached hydrogen (secondary N) is 2. The third-order valence-electron chi connectivity index (χ3n) is 6.06. The number of rotatable bonds is 12. The van der Waals surface area contributed by atoms with E-state index in [4.69, 9.17) is 21.3 Å². The molecule has 0 fully saturated rings. The Hall–Kier alpha value is -3.36. The third-order valence-corrected chi connectivity index (χ3v) is 6.35. The summed E-state index contributed by atoms with van der Waals surface area (Å²) in [6, 6.07) is 12.5. The molecule has 1 heterocycles. The number of imidazole rings is 1. The van der Waals surface area contributed by atoms with E-state index >= 15 is 0 Å². The molecule has 0 aliphatic carbocycles. The lowest BCUT2D eigenvalue weighted by Gasteiger charge is -2.19. The molecule has 38 heavy (non-hydrogen) atoms. The first kappa shape index (κ1) is 29.2. The molecular formula is C29H37ClN4O4. The Morgan fingerprint density at radius 3 is 2.39 bits per heavy atom. The number of halogens is 1. The first-order chi connectivity index (χ1) is 18.1. The normalized spacial score (nSPS) is 12.7. The van der Waals surface area contributed by atoms with Crippen molar-refractivity contribution in [1.82, 2.24) is 20.2 Å². The van der Waals surface area contributed by atoms with E-state index in [1.165, 1.54) is 6.92 Å². The fraction of sp³-hybridized carbons (Fsp3) is 0.414. The maximum absolute atomic E-state index is 12.9. The van der Waals surface area contributed by atoms with Crippen molar-refractivity contribution < 1.29 is 19.4 Å². The first-order valence-electron chi connectivity index (χ1n) is 12.9. The Labute approximate surface area is 229 Å². The van der Waals surface area contributed by atoms with E-state index < -0.39 is 0 Å². The van der Waals surface area contributed by atoms with Crippen molar-refractivity contribution in [1.29, 1.82) is 0 Å². The van der Waals surface area contributed by atoms with Crippen LogP contribution in [-0.4, -0.2) is 45.2 Å². The summed E-state index contributed by atoms with van der Waals surface area (Å²) in [5.74, 6) is 0.977. The lowest BCUT2D eigenvalue weighted by molar-refractivity contribution is -0.119. The van der Waals surface area contributed by atoms with E-state index in [0.29, 0.717) is 29.2 Å². The van der Waals surface area contributed by atoms with Crippen molar-refractivity contribution in [2.45, 2.75) is 72.2 Å². The average molecular weight is 541 g/mol. The Balaban J connectivity index is 1.70. The number of benzene rings is 2. The number of hydrogen-bond acceptors (Lipinski definition) is 5. The summed E-state index contributed by atoms with van der Waals surface area (Å²) in [5, 5.41) is 15.9. The molecule has 0 unspecified atom stereocenters. The van der Waals surface area contributed by atoms with E-state index in [1.54, 1.807) is 18.2 Å². The first-order valence-corrected chi connectivity index (χ1v) is 13.3. The van der Waals surface area contributed by atoms with Crippen LogP contribution in [0.3, 0.4) is 0 Å². The van der Waals surface area contributed by atoms with Crippen molar-refractivity contribution in [3.8, 4) is 17.0 Å². The molecule has 2 aromatic carbocycles. The van der Waals surface area contributed by atoms with Crippen molar-refractivity contribution in [3.63, 3.8) is 0 Å². The van der Waals surface area contributed by atoms with Crippen LogP contribution in [-0.2, 0) is 17.8 Å². The molecular weight excluding hydrogens is 504 g/mol. The van der Waals surface area contributed by atoms with Gasteiger partial charge in [-0.15, -0.1) is 0 Å². The van der Waals surface area contributed by atoms with Gasteiger partial charge in [0, 0.05) is 43.4 Å². The number of aliphatic hydroxyl groups excluding tert-OH is 1. The summed E-state index contributed by atoms with van der Waals surface area (Å²) in [4.78, 5) is 29.2. The van der Waals surface area contributed by atoms with Crippen LogP contribution in [0.15, 0.2) is 48.7 Å². The van der Waals surface area contributed by atoms with Gasteiger partial charge in [0.25, 0.3) is 5.91 Å². The van der Waals surface area contributed by atoms with Gasteiger partial charge in [-0.25, -0.2) is 4.98 Å². The number of aromatic nitrogens is 2. The van der Waals surface area contributed by atoms with Gasteiger partial charge in [0.15, 0.2) is 0 Å². The highest BCUT2D eigenvalue weighted by atomic mass is 35.5. The molecule has 0 saturated heterocycles. The molecule has 3 N–H and O–H groups in total. The number of nitrogens with zero attached hydrogens (tertiary/aromatic N) is 2. The molecule has 2 amide bonds. The number of carbonyl (C=O) groups is 2. The van der Waals surface area contributed by atoms with E-state index in [2.05, 4.69) is 10.6 Å². The molecule has 0 saturated carbocycles. The molecule has 0 spiro atoms. The van der Waals surface area contributed by atoms with Gasteiger partial charge in [-0.3, -0.25) is 9.59 Å². The smallest absolute Gasteiger partial charge is 0.251 e. The van der Waals surface area contributed by atoms with Crippen LogP contribution in [0.4, 0.5) is 0 Å². The van der Waals surface area contributed by atoms with Gasteiger partial charge >= 0.3 is 0 Å². The van der Waals surface area contributed by atoms with Crippen LogP contribution in [0.5, 0.6) is 5.75 Å². The van der Waals surface area contributed by atoms with Gasteiger partial charge in [0.05, 0.1) is 22.9 Å². The van der Waals surface area contributed by atoms with Crippen LogP contribution < -0.4 is 15.4 Å². The Morgan fingerprint density at radius 1 is 1.11 bits per heavy atom. The van der Waals surface area contributed by atoms with E-state index in [-0.39, 0.29) is 36.6 Å². The highest BCUT2D eigenvalue weighted by molar-refractivity contribution is 6.32. The van der Waals surface area contributed by atoms with Crippen molar-refractivity contribution in [2.24, 2.45) is 0 Å². The van der Waals surface area contributed by atoms with E-state index in [0.717, 1.165) is 29.2 Å². The van der Waals surface area contributed by atoms with Gasteiger partial charge in [0.2, 0.25) is 5.91 Å². The molecule has 0 bridgehead atoms. The maximum atomic E-state index is 12.9. The number of hydrogen-bond donors (Lipinski definition) is 3. The fourth-order valence-corrected chi connectivity index (χ4v) is 4.50. The Kier molecular flexibility index (Phi) is 10.3. The van der Waals surface area contributed by atoms with E-state index in [1.807, 2.05) is 62.7 Å². The van der Waals surface area contributed by atoms with Gasteiger partial charge in [-0.2, -0.15) is 0 Å². The Morgan fingerprint density at radius 2 is 1.82 bits per heavy atom. The minimum absolute atomic E-state index is 0.0239. The number of amides is 2. The van der Waals surface area contributed by atoms with Gasteiger partial charge in [-0.1, -0.05) is 35.9 Å². The van der Waals surface area contributed by atoms with Gasteiger partial charge in [0.1, 0.15) is 11.6 Å². The zero-order valence-corrected chi connectivity index (χ0v) is 23.4. The second-order valence-electron chi connectivity index (χ2n) is 9.59. The van der Waals surface area contributed by atoms with Gasteiger partial charge < -0.3 is 25.0 Å². The molecule has 9 heteroatoms. The van der Waals surface area contributed by atoms with Crippen LogP contribution in [0, 0.1) is 0 Å². The summed E-state index contributed by atoms with van der Waals surface area (Å²) >= 11 is 6.30. The van der Waals surface area contributed by atoms with E-state index in [9.17, 15) is 14.7 Å². The SMILES string of the molecule is CCn1cc(-c2ccc(C[C@@H](CCO)NC(=O)c3ccc(OC(C)C)c(Cl)c3)cc2)nc1[C@@H](C)NC(C)=O. The number of aliphatic hydroxyl groups is 1. The van der Waals surface area contributed by atoms with Crippen LogP contribution in [0.1, 0.15) is 68.8 Å². The van der Waals surface area contributed by atoms with Crippen molar-refractivity contribution in [3.05, 3.63) is 70.6 Å². The minimum Gasteiger partial charge on any atom is -0.489 e. The average Bonchev–Trinajstić information content (AvgIpc) is 3.30. The van der Waals surface area contributed by atoms with Crippen LogP contribution in [0.25, 0.3) is 11.3 Å². The number of ether oxygens (including phenoxy) is 1. The molecule has 1 aromatic heterocycles. The van der Waals surface area contributed by atoms with Crippen LogP contribution >= 0.6 is 11.6 Å². The van der Waals surface area contributed by atoms with Crippen molar-refractivity contribution >= 4 is 23.4 Å². The molecule has 0 aliphatic heterocycles. The molecule has 3 aromatic rings. The summed E-state index contributed by atoms with van der Waals surface area (Å²) < 4.78 is 7.67. The standard InChI is InChI=1S/C29H37ClN4O4/c1-6-34-17-26(33-28(34)19(4)31-20(5)36)22-9-7-21(8-10-22)15-24(13-14-35)32-29(37)23-11-12-27(25(30)16-23)38-18(2)3/h7-12,16-19,24,35H,6,13-15H2,1-5H3,(H,31,36)(H,32,37)/t19-,24-/m1/s1. The summed E-state index contributed by atoms with van der Waals surface area (Å²) in [5.41, 5.74) is 3.24. The predicted octanol–water partition coefficient (Wildman–Crippen LogP) is 4.93. The maximum Gasteiger partial charge on any atom is 0.251 e. The molecule has 204 valence electrons. The topological polar surface area (TPSA) is 105 Å². The second-order valence-corrected chi connectivity index (χ2v) is 10.00. The highest BCUT2D eigenvalue weighted by Gasteiger charge is 2.18. The van der Waals surface area contributed by atoms with Crippen molar-refractivity contribution in [2.75, 3.05) is 6.61 Å². The quantitative estimate of drug-likeness (QED) is 0.302. The van der Waals surface area contributed by atoms with Gasteiger partial charge in [-0.05, 0) is 64.3 Å². The zero-order valence-electron chi connectivity index (χ0n) is 22.6. The Bertz CT molecular complexity index is 1240. The van der Waals surface area contributed by atoms with Crippen LogP contribution in [0.2, 0.25) is 5.02 Å². The lowest BCUT2D eigenvalue weighted by Crippen LogP contribution is -2.37. The molecule has 2 atom stereocenters. The third kappa shape index (κ3) is 7.82. The summed E-state index contributed by atoms with van der Waals surface area (Å²) in [7, 11) is 0. The summed E-state index contributed by atoms with van der Waals surface area (Å²) in [6.07, 6.45) is 2.94. The monoisotopic (exact) mass is 540 g/mol.